The summed E-state index contributed by atoms with van der Waals surface area (Å²) in [6, 6.07) is 18.8. The van der Waals surface area contributed by atoms with E-state index in [2.05, 4.69) is 63.4 Å². The van der Waals surface area contributed by atoms with Gasteiger partial charge >= 0.3 is 0 Å². The Morgan fingerprint density at radius 3 is 1.83 bits per heavy atom. The van der Waals surface area contributed by atoms with Crippen molar-refractivity contribution in [3.8, 4) is 0 Å². The largest absolute Gasteiger partial charge is 0.302 e. The fourth-order valence-electron chi connectivity index (χ4n) is 2.21. The molecule has 0 amide bonds. The Labute approximate surface area is 148 Å². The Kier molecular flexibility index (Phi) is 12.8. The van der Waals surface area contributed by atoms with E-state index in [1.165, 1.54) is 24.1 Å². The van der Waals surface area contributed by atoms with E-state index in [0.29, 0.717) is 0 Å². The summed E-state index contributed by atoms with van der Waals surface area (Å²) in [5, 5.41) is 0. The van der Waals surface area contributed by atoms with E-state index < -0.39 is 0 Å². The third kappa shape index (κ3) is 9.60. The number of likely N-dealkylation sites (N-methyl/N-ethyl adjacent to an activating group) is 1. The molecule has 0 saturated heterocycles. The second-order valence-corrected chi connectivity index (χ2v) is 5.39. The van der Waals surface area contributed by atoms with Crippen LogP contribution in [0.25, 0.3) is 0 Å². The summed E-state index contributed by atoms with van der Waals surface area (Å²) >= 11 is 0. The number of allylic oxidation sites excluding steroid dienone is 2. The highest BCUT2D eigenvalue weighted by Crippen LogP contribution is 2.18. The SMILES string of the molecule is C=C.C=CC=C.Cc1ccc2c(c1)CCN(C)C2.c1ccccc1. The van der Waals surface area contributed by atoms with Crippen LogP contribution in [-0.4, -0.2) is 18.5 Å². The number of rotatable bonds is 1. The average molecular weight is 322 g/mol. The van der Waals surface area contributed by atoms with Crippen molar-refractivity contribution in [3.63, 3.8) is 0 Å². The molecule has 0 aromatic heterocycles. The molecule has 1 nitrogen and oxygen atoms in total. The van der Waals surface area contributed by atoms with Gasteiger partial charge < -0.3 is 4.90 Å². The molecular formula is C23H31N. The minimum Gasteiger partial charge on any atom is -0.302 e. The first kappa shape index (κ1) is 21.6. The van der Waals surface area contributed by atoms with Gasteiger partial charge in [-0.1, -0.05) is 85.5 Å². The summed E-state index contributed by atoms with van der Waals surface area (Å²) in [6.07, 6.45) is 4.49. The molecule has 0 N–H and O–H groups in total. The Morgan fingerprint density at radius 2 is 1.38 bits per heavy atom. The predicted molar refractivity (Wildman–Crippen MR) is 109 cm³/mol. The molecule has 3 rings (SSSR count). The van der Waals surface area contributed by atoms with E-state index in [-0.39, 0.29) is 0 Å². The van der Waals surface area contributed by atoms with E-state index in [1.54, 1.807) is 17.7 Å². The minimum absolute atomic E-state index is 1.12. The summed E-state index contributed by atoms with van der Waals surface area (Å²) in [4.78, 5) is 2.37. The van der Waals surface area contributed by atoms with Crippen molar-refractivity contribution >= 4 is 0 Å². The quantitative estimate of drug-likeness (QED) is 0.472. The van der Waals surface area contributed by atoms with Crippen LogP contribution in [0.2, 0.25) is 0 Å². The molecule has 0 saturated carbocycles. The normalized spacial score (nSPS) is 11.8. The van der Waals surface area contributed by atoms with E-state index >= 15 is 0 Å². The summed E-state index contributed by atoms with van der Waals surface area (Å²) in [5.41, 5.74) is 4.45. The van der Waals surface area contributed by atoms with Crippen molar-refractivity contribution in [1.82, 2.24) is 4.90 Å². The first-order valence-electron chi connectivity index (χ1n) is 8.17. The minimum atomic E-state index is 1.12. The van der Waals surface area contributed by atoms with Crippen molar-refractivity contribution in [2.75, 3.05) is 13.6 Å². The lowest BCUT2D eigenvalue weighted by atomic mass is 9.98. The van der Waals surface area contributed by atoms with E-state index in [9.17, 15) is 0 Å². The van der Waals surface area contributed by atoms with E-state index in [0.717, 1.165) is 6.54 Å². The zero-order valence-corrected chi connectivity index (χ0v) is 15.2. The smallest absolute Gasteiger partial charge is 0.0233 e. The van der Waals surface area contributed by atoms with Crippen LogP contribution in [0.4, 0.5) is 0 Å². The standard InChI is InChI=1S/C11H15N.C6H6.C4H6.C2H4/c1-9-3-4-11-8-12(2)6-5-10(11)7-9;1-2-4-6-5-3-1;1-3-4-2;1-2/h3-4,7H,5-6,8H2,1-2H3;1-6H;3-4H,1-2H2;1-2H2. The van der Waals surface area contributed by atoms with Gasteiger partial charge in [0.25, 0.3) is 0 Å². The second kappa shape index (κ2) is 14.2. The van der Waals surface area contributed by atoms with Crippen LogP contribution < -0.4 is 0 Å². The lowest BCUT2D eigenvalue weighted by molar-refractivity contribution is 0.313. The van der Waals surface area contributed by atoms with Gasteiger partial charge in [-0.3, -0.25) is 0 Å². The molecule has 0 spiro atoms. The third-order valence-electron chi connectivity index (χ3n) is 3.40. The van der Waals surface area contributed by atoms with Crippen molar-refractivity contribution in [3.05, 3.63) is 110 Å². The molecule has 2 aromatic rings. The van der Waals surface area contributed by atoms with E-state index in [1.807, 2.05) is 36.4 Å². The van der Waals surface area contributed by atoms with Gasteiger partial charge in [0, 0.05) is 13.1 Å². The molecule has 0 radical (unpaired) electrons. The Bertz CT molecular complexity index is 539. The van der Waals surface area contributed by atoms with Crippen LogP contribution in [0.15, 0.2) is 93.1 Å². The Morgan fingerprint density at radius 1 is 0.875 bits per heavy atom. The fraction of sp³-hybridized carbons (Fsp3) is 0.217. The second-order valence-electron chi connectivity index (χ2n) is 5.39. The zero-order chi connectivity index (χ0) is 18.2. The number of hydrogen-bond donors (Lipinski definition) is 0. The first-order chi connectivity index (χ1) is 11.7. The third-order valence-corrected chi connectivity index (χ3v) is 3.40. The van der Waals surface area contributed by atoms with Crippen molar-refractivity contribution in [2.45, 2.75) is 19.9 Å². The van der Waals surface area contributed by atoms with Gasteiger partial charge in [-0.15, -0.1) is 13.2 Å². The van der Waals surface area contributed by atoms with Crippen molar-refractivity contribution in [1.29, 1.82) is 0 Å². The molecule has 0 bridgehead atoms. The number of fused-ring (bicyclic) bond motifs is 1. The lowest BCUT2D eigenvalue weighted by Crippen LogP contribution is -2.26. The monoisotopic (exact) mass is 321 g/mol. The highest BCUT2D eigenvalue weighted by molar-refractivity contribution is 5.33. The molecule has 0 fully saturated rings. The molecule has 1 heterocycles. The fourth-order valence-corrected chi connectivity index (χ4v) is 2.21. The van der Waals surface area contributed by atoms with Crippen LogP contribution in [-0.2, 0) is 13.0 Å². The maximum Gasteiger partial charge on any atom is 0.0233 e. The number of nitrogens with zero attached hydrogens (tertiary/aromatic N) is 1. The van der Waals surface area contributed by atoms with Crippen LogP contribution in [0.3, 0.4) is 0 Å². The summed E-state index contributed by atoms with van der Waals surface area (Å²) in [7, 11) is 2.18. The molecule has 0 aliphatic carbocycles. The van der Waals surface area contributed by atoms with Gasteiger partial charge in [0.05, 0.1) is 0 Å². The molecule has 1 aliphatic rings. The average Bonchev–Trinajstić information content (AvgIpc) is 2.66. The molecule has 128 valence electrons. The maximum atomic E-state index is 3.36. The molecular weight excluding hydrogens is 290 g/mol. The summed E-state index contributed by atoms with van der Waals surface area (Å²) in [6.45, 7) is 17.2. The van der Waals surface area contributed by atoms with Crippen LogP contribution >= 0.6 is 0 Å². The zero-order valence-electron chi connectivity index (χ0n) is 15.2. The van der Waals surface area contributed by atoms with Crippen LogP contribution in [0, 0.1) is 6.92 Å². The first-order valence-corrected chi connectivity index (χ1v) is 8.17. The van der Waals surface area contributed by atoms with Gasteiger partial charge in [-0.25, -0.2) is 0 Å². The molecule has 24 heavy (non-hydrogen) atoms. The number of hydrogen-bond acceptors (Lipinski definition) is 1. The van der Waals surface area contributed by atoms with Gasteiger partial charge in [0.2, 0.25) is 0 Å². The summed E-state index contributed by atoms with van der Waals surface area (Å²) in [5.74, 6) is 0. The molecule has 2 aromatic carbocycles. The van der Waals surface area contributed by atoms with E-state index in [4.69, 9.17) is 0 Å². The van der Waals surface area contributed by atoms with Gasteiger partial charge in [-0.05, 0) is 31.5 Å². The lowest BCUT2D eigenvalue weighted by Gasteiger charge is -2.24. The topological polar surface area (TPSA) is 3.24 Å². The number of benzene rings is 2. The van der Waals surface area contributed by atoms with Crippen LogP contribution in [0.1, 0.15) is 16.7 Å². The maximum absolute atomic E-state index is 3.36. The highest BCUT2D eigenvalue weighted by atomic mass is 15.1. The van der Waals surface area contributed by atoms with Crippen LogP contribution in [0.5, 0.6) is 0 Å². The molecule has 0 atom stereocenters. The van der Waals surface area contributed by atoms with Crippen molar-refractivity contribution in [2.24, 2.45) is 0 Å². The number of aryl methyl sites for hydroxylation is 1. The van der Waals surface area contributed by atoms with Gasteiger partial charge in [0.1, 0.15) is 0 Å². The van der Waals surface area contributed by atoms with Gasteiger partial charge in [-0.2, -0.15) is 0 Å². The summed E-state index contributed by atoms with van der Waals surface area (Å²) < 4.78 is 0. The highest BCUT2D eigenvalue weighted by Gasteiger charge is 2.11. The molecule has 0 unspecified atom stereocenters. The molecule has 1 heteroatoms. The van der Waals surface area contributed by atoms with Gasteiger partial charge in [0.15, 0.2) is 0 Å². The Hall–Kier alpha value is -2.38. The van der Waals surface area contributed by atoms with Crippen molar-refractivity contribution < 1.29 is 0 Å². The molecule has 1 aliphatic heterocycles. The predicted octanol–water partition coefficient (Wildman–Crippen LogP) is 5.83. The Balaban J connectivity index is 0.000000371.